The Morgan fingerprint density at radius 2 is 1.89 bits per heavy atom. The molecule has 0 spiro atoms. The van der Waals surface area contributed by atoms with E-state index in [2.05, 4.69) is 13.8 Å². The van der Waals surface area contributed by atoms with Crippen LogP contribution >= 0.6 is 0 Å². The van der Waals surface area contributed by atoms with E-state index < -0.39 is 23.5 Å². The maximum Gasteiger partial charge on any atom is 0.290 e. The van der Waals surface area contributed by atoms with Crippen molar-refractivity contribution < 1.29 is 28.6 Å². The molecule has 4 rings (SSSR count). The molecule has 8 nitrogen and oxygen atoms in total. The quantitative estimate of drug-likeness (QED) is 0.320. The molecular weight excluding hydrogens is 484 g/mol. The zero-order valence-corrected chi connectivity index (χ0v) is 22.7. The summed E-state index contributed by atoms with van der Waals surface area (Å²) in [4.78, 5) is 30.6. The first-order chi connectivity index (χ1) is 18.2. The highest BCUT2D eigenvalue weighted by molar-refractivity contribution is 6.16. The molecule has 0 bridgehead atoms. The van der Waals surface area contributed by atoms with Gasteiger partial charge in [-0.2, -0.15) is 0 Å². The lowest BCUT2D eigenvalue weighted by atomic mass is 9.94. The second kappa shape index (κ2) is 11.7. The number of Topliss-reactive ketones (excluding diaryl/α,β-unsaturated/α-hetero) is 1. The number of rotatable bonds is 12. The van der Waals surface area contributed by atoms with Crippen molar-refractivity contribution in [3.05, 3.63) is 71.2 Å². The molecule has 1 amide bonds. The van der Waals surface area contributed by atoms with Crippen LogP contribution in [0.15, 0.2) is 64.3 Å². The van der Waals surface area contributed by atoms with E-state index in [9.17, 15) is 14.7 Å². The molecule has 3 aromatic rings. The molecular formula is C30H36N2O6. The van der Waals surface area contributed by atoms with Gasteiger partial charge in [0.2, 0.25) is 5.78 Å². The van der Waals surface area contributed by atoms with E-state index in [1.165, 1.54) is 0 Å². The highest BCUT2D eigenvalue weighted by Crippen LogP contribution is 2.42. The Morgan fingerprint density at radius 3 is 2.58 bits per heavy atom. The molecule has 2 heterocycles. The number of carbonyl (C=O) groups excluding carboxylic acids is 2. The molecule has 1 atom stereocenters. The molecule has 1 aromatic heterocycles. The molecule has 202 valence electrons. The van der Waals surface area contributed by atoms with Gasteiger partial charge >= 0.3 is 0 Å². The summed E-state index contributed by atoms with van der Waals surface area (Å²) in [6, 6.07) is 13.5. The molecule has 0 fully saturated rings. The van der Waals surface area contributed by atoms with Crippen LogP contribution in [-0.4, -0.2) is 67.5 Å². The SMILES string of the molecule is COc1cc(C2C(C(=O)c3cc4ccccc4o3)=C(O)C(=O)N2CCCN(C)C)ccc1OCCC(C)C. The molecule has 0 aliphatic carbocycles. The Balaban J connectivity index is 1.72. The lowest BCUT2D eigenvalue weighted by Crippen LogP contribution is -2.33. The summed E-state index contributed by atoms with van der Waals surface area (Å²) in [5.41, 5.74) is 1.19. The fourth-order valence-corrected chi connectivity index (χ4v) is 4.62. The zero-order valence-electron chi connectivity index (χ0n) is 22.7. The van der Waals surface area contributed by atoms with E-state index in [1.54, 1.807) is 36.3 Å². The first kappa shape index (κ1) is 27.3. The summed E-state index contributed by atoms with van der Waals surface area (Å²) >= 11 is 0. The minimum absolute atomic E-state index is 0.00515. The third kappa shape index (κ3) is 5.70. The van der Waals surface area contributed by atoms with E-state index in [-0.39, 0.29) is 11.3 Å². The van der Waals surface area contributed by atoms with Gasteiger partial charge in [-0.25, -0.2) is 0 Å². The van der Waals surface area contributed by atoms with Crippen LogP contribution < -0.4 is 9.47 Å². The number of amides is 1. The topological polar surface area (TPSA) is 92.5 Å². The van der Waals surface area contributed by atoms with Gasteiger partial charge in [0.15, 0.2) is 23.0 Å². The predicted octanol–water partition coefficient (Wildman–Crippen LogP) is 5.40. The summed E-state index contributed by atoms with van der Waals surface area (Å²) in [6.07, 6.45) is 1.57. The van der Waals surface area contributed by atoms with Crippen LogP contribution in [0.3, 0.4) is 0 Å². The van der Waals surface area contributed by atoms with Crippen molar-refractivity contribution in [3.63, 3.8) is 0 Å². The van der Waals surface area contributed by atoms with Gasteiger partial charge in [-0.3, -0.25) is 9.59 Å². The summed E-state index contributed by atoms with van der Waals surface area (Å²) in [6.45, 7) is 5.91. The highest BCUT2D eigenvalue weighted by atomic mass is 16.5. The standard InChI is InChI=1S/C30H36N2O6/c1-19(2)13-16-37-23-12-11-21(18-24(23)36-5)27-26(29(34)30(35)32(27)15-8-14-31(3)4)28(33)25-17-20-9-6-7-10-22(20)38-25/h6-7,9-12,17-19,27,34H,8,13-16H2,1-5H3. The maximum absolute atomic E-state index is 13.8. The first-order valence-electron chi connectivity index (χ1n) is 12.9. The Kier molecular flexibility index (Phi) is 8.42. The van der Waals surface area contributed by atoms with Crippen molar-refractivity contribution in [1.82, 2.24) is 9.80 Å². The third-order valence-corrected chi connectivity index (χ3v) is 6.66. The van der Waals surface area contributed by atoms with Crippen LogP contribution in [0.5, 0.6) is 11.5 Å². The number of benzene rings is 2. The number of hydrogen-bond donors (Lipinski definition) is 1. The Morgan fingerprint density at radius 1 is 1.13 bits per heavy atom. The number of fused-ring (bicyclic) bond motifs is 1. The maximum atomic E-state index is 13.8. The molecule has 0 saturated carbocycles. The second-order valence-corrected chi connectivity index (χ2v) is 10.2. The lowest BCUT2D eigenvalue weighted by Gasteiger charge is -2.27. The Hall–Kier alpha value is -3.78. The number of aliphatic hydroxyl groups is 1. The molecule has 1 aliphatic rings. The van der Waals surface area contributed by atoms with Crippen LogP contribution in [0.2, 0.25) is 0 Å². The van der Waals surface area contributed by atoms with Crippen molar-refractivity contribution in [2.75, 3.05) is 40.9 Å². The van der Waals surface area contributed by atoms with Crippen LogP contribution in [0.25, 0.3) is 11.0 Å². The number of ketones is 1. The molecule has 0 radical (unpaired) electrons. The fraction of sp³-hybridized carbons (Fsp3) is 0.400. The minimum atomic E-state index is -0.802. The summed E-state index contributed by atoms with van der Waals surface area (Å²) in [7, 11) is 5.47. The lowest BCUT2D eigenvalue weighted by molar-refractivity contribution is -0.129. The summed E-state index contributed by atoms with van der Waals surface area (Å²) in [5, 5.41) is 11.8. The average Bonchev–Trinajstić information content (AvgIpc) is 3.43. The third-order valence-electron chi connectivity index (χ3n) is 6.66. The van der Waals surface area contributed by atoms with Crippen molar-refractivity contribution in [3.8, 4) is 11.5 Å². The van der Waals surface area contributed by atoms with Gasteiger partial charge in [-0.05, 0) is 69.2 Å². The number of nitrogens with zero attached hydrogens (tertiary/aromatic N) is 2. The number of carbonyl (C=O) groups is 2. The van der Waals surface area contributed by atoms with Crippen molar-refractivity contribution in [1.29, 1.82) is 0 Å². The van der Waals surface area contributed by atoms with E-state index in [0.717, 1.165) is 18.4 Å². The highest BCUT2D eigenvalue weighted by Gasteiger charge is 2.44. The average molecular weight is 521 g/mol. The first-order valence-corrected chi connectivity index (χ1v) is 12.9. The van der Waals surface area contributed by atoms with Gasteiger partial charge in [0, 0.05) is 11.9 Å². The van der Waals surface area contributed by atoms with Gasteiger partial charge in [0.05, 0.1) is 25.3 Å². The molecule has 0 saturated heterocycles. The molecule has 1 unspecified atom stereocenters. The van der Waals surface area contributed by atoms with Crippen molar-refractivity contribution in [2.45, 2.75) is 32.7 Å². The number of furan rings is 1. The van der Waals surface area contributed by atoms with Crippen LogP contribution in [0.1, 0.15) is 48.8 Å². The summed E-state index contributed by atoms with van der Waals surface area (Å²) < 4.78 is 17.4. The monoisotopic (exact) mass is 520 g/mol. The Labute approximate surface area is 223 Å². The minimum Gasteiger partial charge on any atom is -0.503 e. The van der Waals surface area contributed by atoms with Crippen LogP contribution in [0, 0.1) is 5.92 Å². The number of aliphatic hydroxyl groups excluding tert-OH is 1. The fourth-order valence-electron chi connectivity index (χ4n) is 4.62. The van der Waals surface area contributed by atoms with E-state index in [1.807, 2.05) is 43.3 Å². The number of para-hydroxylation sites is 1. The summed E-state index contributed by atoms with van der Waals surface area (Å²) in [5.74, 6) is -0.0105. The molecule has 2 aromatic carbocycles. The zero-order chi connectivity index (χ0) is 27.4. The van der Waals surface area contributed by atoms with E-state index in [0.29, 0.717) is 48.1 Å². The largest absolute Gasteiger partial charge is 0.503 e. The Bertz CT molecular complexity index is 1310. The van der Waals surface area contributed by atoms with Crippen LogP contribution in [0.4, 0.5) is 0 Å². The van der Waals surface area contributed by atoms with E-state index >= 15 is 0 Å². The van der Waals surface area contributed by atoms with Crippen LogP contribution in [-0.2, 0) is 4.79 Å². The molecule has 1 N–H and O–H groups in total. The van der Waals surface area contributed by atoms with Gasteiger partial charge in [0.25, 0.3) is 5.91 Å². The smallest absolute Gasteiger partial charge is 0.290 e. The number of hydrogen-bond acceptors (Lipinski definition) is 7. The van der Waals surface area contributed by atoms with Crippen molar-refractivity contribution in [2.24, 2.45) is 5.92 Å². The second-order valence-electron chi connectivity index (χ2n) is 10.2. The number of ether oxygens (including phenoxy) is 2. The predicted molar refractivity (Wildman–Crippen MR) is 146 cm³/mol. The van der Waals surface area contributed by atoms with E-state index in [4.69, 9.17) is 13.9 Å². The number of methoxy groups -OCH3 is 1. The van der Waals surface area contributed by atoms with Gasteiger partial charge in [-0.1, -0.05) is 38.1 Å². The molecule has 8 heteroatoms. The van der Waals surface area contributed by atoms with Gasteiger partial charge in [-0.15, -0.1) is 0 Å². The van der Waals surface area contributed by atoms with Gasteiger partial charge < -0.3 is 28.8 Å². The van der Waals surface area contributed by atoms with Gasteiger partial charge in [0.1, 0.15) is 5.58 Å². The normalized spacial score (nSPS) is 15.8. The molecule has 38 heavy (non-hydrogen) atoms. The van der Waals surface area contributed by atoms with Crippen molar-refractivity contribution >= 4 is 22.7 Å². The molecule has 1 aliphatic heterocycles.